The van der Waals surface area contributed by atoms with Gasteiger partial charge in [0.2, 0.25) is 0 Å². The van der Waals surface area contributed by atoms with Crippen molar-refractivity contribution in [2.45, 2.75) is 49.6 Å². The van der Waals surface area contributed by atoms with Gasteiger partial charge in [-0.05, 0) is 31.9 Å². The molecular weight excluding hydrogens is 400 g/mol. The standard InChI is InChI=1S/C18H22N4O6S/c1-11(19-16-13-8-4-5-9-14(13)29(26,27)22-16)17(24)28-10-15(23)21-18(25)20-12-6-2-3-7-12/h4-5,8-9,11-12H,2-3,6-7,10H2,1H3,(H,19,22)(H2,20,21,23,25)/t11-/m1/s1. The molecular formula is C18H22N4O6S. The minimum Gasteiger partial charge on any atom is -0.454 e. The minimum absolute atomic E-state index is 0.0328. The normalized spacial score (nSPS) is 19.8. The summed E-state index contributed by atoms with van der Waals surface area (Å²) in [5, 5.41) is 4.79. The van der Waals surface area contributed by atoms with E-state index in [0.717, 1.165) is 25.7 Å². The van der Waals surface area contributed by atoms with Crippen LogP contribution >= 0.6 is 0 Å². The second-order valence-electron chi connectivity index (χ2n) is 6.87. The van der Waals surface area contributed by atoms with Gasteiger partial charge in [-0.2, -0.15) is 0 Å². The summed E-state index contributed by atoms with van der Waals surface area (Å²) in [4.78, 5) is 39.7. The number of amidine groups is 1. The van der Waals surface area contributed by atoms with Crippen molar-refractivity contribution in [2.75, 3.05) is 6.61 Å². The number of fused-ring (bicyclic) bond motifs is 1. The van der Waals surface area contributed by atoms with Crippen LogP contribution in [0, 0.1) is 0 Å². The lowest BCUT2D eigenvalue weighted by atomic mass is 10.2. The highest BCUT2D eigenvalue weighted by Crippen LogP contribution is 2.22. The van der Waals surface area contributed by atoms with Crippen LogP contribution < -0.4 is 15.4 Å². The second-order valence-corrected chi connectivity index (χ2v) is 8.52. The summed E-state index contributed by atoms with van der Waals surface area (Å²) >= 11 is 0. The monoisotopic (exact) mass is 422 g/mol. The van der Waals surface area contributed by atoms with Crippen LogP contribution in [0.15, 0.2) is 34.2 Å². The number of benzene rings is 1. The van der Waals surface area contributed by atoms with Crippen LogP contribution in [0.5, 0.6) is 0 Å². The molecule has 10 nitrogen and oxygen atoms in total. The average Bonchev–Trinajstić information content (AvgIpc) is 3.26. The van der Waals surface area contributed by atoms with Gasteiger partial charge in [0.05, 0.1) is 4.90 Å². The molecule has 0 aromatic heterocycles. The number of urea groups is 1. The molecule has 0 spiro atoms. The quantitative estimate of drug-likeness (QED) is 0.587. The third-order valence-corrected chi connectivity index (χ3v) is 6.01. The first-order chi connectivity index (χ1) is 13.8. The molecule has 1 atom stereocenters. The Morgan fingerprint density at radius 3 is 2.66 bits per heavy atom. The highest BCUT2D eigenvalue weighted by Gasteiger charge is 2.31. The average molecular weight is 422 g/mol. The Kier molecular flexibility index (Phi) is 6.16. The van der Waals surface area contributed by atoms with E-state index in [1.807, 2.05) is 0 Å². The summed E-state index contributed by atoms with van der Waals surface area (Å²) in [5.41, 5.74) is 0.355. The van der Waals surface area contributed by atoms with E-state index in [9.17, 15) is 22.8 Å². The summed E-state index contributed by atoms with van der Waals surface area (Å²) in [6, 6.07) is 4.62. The van der Waals surface area contributed by atoms with E-state index in [-0.39, 0.29) is 16.8 Å². The second kappa shape index (κ2) is 8.60. The summed E-state index contributed by atoms with van der Waals surface area (Å²) < 4.78 is 31.3. The number of nitrogens with zero attached hydrogens (tertiary/aromatic N) is 1. The summed E-state index contributed by atoms with van der Waals surface area (Å²) in [5.74, 6) is -1.56. The number of carbonyl (C=O) groups is 3. The van der Waals surface area contributed by atoms with Crippen LogP contribution in [0.3, 0.4) is 0 Å². The number of rotatable bonds is 5. The Morgan fingerprint density at radius 2 is 1.93 bits per heavy atom. The Morgan fingerprint density at radius 1 is 1.24 bits per heavy atom. The smallest absolute Gasteiger partial charge is 0.331 e. The molecule has 3 rings (SSSR count). The Balaban J connectivity index is 1.51. The van der Waals surface area contributed by atoms with E-state index < -0.39 is 40.6 Å². The first-order valence-electron chi connectivity index (χ1n) is 9.23. The van der Waals surface area contributed by atoms with Crippen molar-refractivity contribution in [3.05, 3.63) is 29.8 Å². The van der Waals surface area contributed by atoms with Crippen molar-refractivity contribution >= 4 is 33.8 Å². The number of nitrogens with one attached hydrogen (secondary N) is 3. The maximum absolute atomic E-state index is 12.1. The van der Waals surface area contributed by atoms with Gasteiger partial charge in [-0.25, -0.2) is 18.0 Å². The van der Waals surface area contributed by atoms with Crippen LogP contribution in [-0.2, 0) is 24.3 Å². The zero-order chi connectivity index (χ0) is 21.0. The molecule has 29 heavy (non-hydrogen) atoms. The summed E-state index contributed by atoms with van der Waals surface area (Å²) in [7, 11) is -3.72. The summed E-state index contributed by atoms with van der Waals surface area (Å²) in [6.07, 6.45) is 3.83. The zero-order valence-electron chi connectivity index (χ0n) is 15.8. The molecule has 1 fully saturated rings. The van der Waals surface area contributed by atoms with Gasteiger partial charge < -0.3 is 10.1 Å². The molecule has 0 unspecified atom stereocenters. The number of amides is 3. The predicted octanol–water partition coefficient (Wildman–Crippen LogP) is 0.425. The van der Waals surface area contributed by atoms with Crippen LogP contribution in [0.4, 0.5) is 4.79 Å². The molecule has 1 aromatic rings. The van der Waals surface area contributed by atoms with Gasteiger partial charge in [-0.1, -0.05) is 25.0 Å². The molecule has 1 saturated carbocycles. The topological polar surface area (TPSA) is 143 Å². The van der Waals surface area contributed by atoms with E-state index in [2.05, 4.69) is 20.3 Å². The number of imide groups is 1. The highest BCUT2D eigenvalue weighted by atomic mass is 32.2. The first-order valence-corrected chi connectivity index (χ1v) is 10.7. The third kappa shape index (κ3) is 5.11. The molecule has 3 amide bonds. The van der Waals surface area contributed by atoms with Crippen LogP contribution in [0.1, 0.15) is 38.2 Å². The van der Waals surface area contributed by atoms with E-state index in [0.29, 0.717) is 5.56 Å². The summed E-state index contributed by atoms with van der Waals surface area (Å²) in [6.45, 7) is 0.768. The van der Waals surface area contributed by atoms with Gasteiger partial charge in [0.25, 0.3) is 15.9 Å². The molecule has 1 aliphatic heterocycles. The SMILES string of the molecule is C[C@@H](N=C1NS(=O)(=O)c2ccccc21)C(=O)OCC(=O)NC(=O)NC1CCCC1. The lowest BCUT2D eigenvalue weighted by molar-refractivity contribution is -0.149. The van der Waals surface area contributed by atoms with Gasteiger partial charge in [0.15, 0.2) is 6.61 Å². The van der Waals surface area contributed by atoms with Crippen molar-refractivity contribution < 1.29 is 27.5 Å². The molecule has 1 heterocycles. The maximum Gasteiger partial charge on any atom is 0.331 e. The number of ether oxygens (including phenoxy) is 1. The van der Waals surface area contributed by atoms with Gasteiger partial charge in [0.1, 0.15) is 11.9 Å². The lowest BCUT2D eigenvalue weighted by Gasteiger charge is -2.12. The maximum atomic E-state index is 12.1. The van der Waals surface area contributed by atoms with Gasteiger partial charge >= 0.3 is 12.0 Å². The van der Waals surface area contributed by atoms with Crippen molar-refractivity contribution in [1.82, 2.24) is 15.4 Å². The minimum atomic E-state index is -3.72. The molecule has 0 saturated heterocycles. The largest absolute Gasteiger partial charge is 0.454 e. The zero-order valence-corrected chi connectivity index (χ0v) is 16.6. The molecule has 156 valence electrons. The number of carbonyl (C=O) groups excluding carboxylic acids is 3. The van der Waals surface area contributed by atoms with E-state index in [1.165, 1.54) is 13.0 Å². The third-order valence-electron chi connectivity index (χ3n) is 4.62. The molecule has 1 aromatic carbocycles. The Labute approximate surface area is 168 Å². The van der Waals surface area contributed by atoms with Gasteiger partial charge in [-0.3, -0.25) is 19.8 Å². The molecule has 2 aliphatic rings. The molecule has 11 heteroatoms. The number of aliphatic imine (C=N–C) groups is 1. The highest BCUT2D eigenvalue weighted by molar-refractivity contribution is 7.90. The number of hydrogen-bond donors (Lipinski definition) is 3. The molecule has 0 bridgehead atoms. The Hall–Kier alpha value is -2.95. The van der Waals surface area contributed by atoms with Crippen LogP contribution in [0.2, 0.25) is 0 Å². The van der Waals surface area contributed by atoms with Crippen molar-refractivity contribution in [3.63, 3.8) is 0 Å². The van der Waals surface area contributed by atoms with Crippen molar-refractivity contribution in [1.29, 1.82) is 0 Å². The van der Waals surface area contributed by atoms with Crippen LogP contribution in [-0.4, -0.2) is 50.9 Å². The van der Waals surface area contributed by atoms with Crippen molar-refractivity contribution in [3.8, 4) is 0 Å². The van der Waals surface area contributed by atoms with Crippen molar-refractivity contribution in [2.24, 2.45) is 4.99 Å². The number of esters is 1. The fourth-order valence-electron chi connectivity index (χ4n) is 3.19. The number of sulfonamides is 1. The first kappa shape index (κ1) is 20.8. The van der Waals surface area contributed by atoms with E-state index in [4.69, 9.17) is 4.74 Å². The Bertz CT molecular complexity index is 953. The van der Waals surface area contributed by atoms with E-state index in [1.54, 1.807) is 18.2 Å². The molecule has 1 aliphatic carbocycles. The number of hydrogen-bond acceptors (Lipinski definition) is 7. The fourth-order valence-corrected chi connectivity index (χ4v) is 4.43. The lowest BCUT2D eigenvalue weighted by Crippen LogP contribution is -2.45. The van der Waals surface area contributed by atoms with Gasteiger partial charge in [-0.15, -0.1) is 0 Å². The molecule has 0 radical (unpaired) electrons. The van der Waals surface area contributed by atoms with E-state index >= 15 is 0 Å². The van der Waals surface area contributed by atoms with Crippen LogP contribution in [0.25, 0.3) is 0 Å². The fraction of sp³-hybridized carbons (Fsp3) is 0.444. The predicted molar refractivity (Wildman–Crippen MR) is 103 cm³/mol. The van der Waals surface area contributed by atoms with Gasteiger partial charge in [0, 0.05) is 11.6 Å². The molecule has 3 N–H and O–H groups in total.